The summed E-state index contributed by atoms with van der Waals surface area (Å²) in [5.74, 6) is 0.671. The molecule has 0 aliphatic heterocycles. The molecule has 4 aromatic heterocycles. The third-order valence-corrected chi connectivity index (χ3v) is 11.3. The predicted molar refractivity (Wildman–Crippen MR) is 237 cm³/mol. The van der Waals surface area contributed by atoms with Crippen molar-refractivity contribution in [2.75, 3.05) is 0 Å². The van der Waals surface area contributed by atoms with E-state index in [0.717, 1.165) is 116 Å². The first kappa shape index (κ1) is 32.4. The topological polar surface area (TPSA) is 65.0 Å². The highest BCUT2D eigenvalue weighted by atomic mass is 16.3. The van der Waals surface area contributed by atoms with Crippen LogP contribution in [0.25, 0.3) is 122 Å². The second-order valence-electron chi connectivity index (χ2n) is 14.7. The number of benzene rings is 8. The average Bonchev–Trinajstić information content (AvgIpc) is 3.87. The lowest BCUT2D eigenvalue weighted by molar-refractivity contribution is 0.668. The molecule has 0 aliphatic rings. The zero-order valence-corrected chi connectivity index (χ0v) is 31.1. The number of pyridine rings is 1. The number of furan rings is 2. The molecule has 0 bridgehead atoms. The fourth-order valence-electron chi connectivity index (χ4n) is 8.58. The molecule has 270 valence electrons. The lowest BCUT2D eigenvalue weighted by Crippen LogP contribution is -1.96. The van der Waals surface area contributed by atoms with E-state index in [0.29, 0.717) is 5.82 Å². The molecule has 0 amide bonds. The quantitative estimate of drug-likeness (QED) is 0.164. The van der Waals surface area contributed by atoms with Crippen molar-refractivity contribution in [3.63, 3.8) is 0 Å². The second-order valence-corrected chi connectivity index (χ2v) is 14.7. The number of fused-ring (bicyclic) bond motifs is 10. The van der Waals surface area contributed by atoms with Crippen molar-refractivity contribution in [2.45, 2.75) is 0 Å². The van der Waals surface area contributed by atoms with Gasteiger partial charge in [0.2, 0.25) is 0 Å². The average molecular weight is 742 g/mol. The maximum Gasteiger partial charge on any atom is 0.160 e. The van der Waals surface area contributed by atoms with Crippen LogP contribution in [0, 0.1) is 0 Å². The van der Waals surface area contributed by atoms with Crippen LogP contribution < -0.4 is 0 Å². The lowest BCUT2D eigenvalue weighted by atomic mass is 9.95. The van der Waals surface area contributed by atoms with Gasteiger partial charge in [-0.3, -0.25) is 0 Å². The number of hydrogen-bond acceptors (Lipinski definition) is 5. The van der Waals surface area contributed by atoms with E-state index in [9.17, 15) is 0 Å². The molecule has 58 heavy (non-hydrogen) atoms. The summed E-state index contributed by atoms with van der Waals surface area (Å²) < 4.78 is 12.8. The Balaban J connectivity index is 1.000. The smallest absolute Gasteiger partial charge is 0.160 e. The molecule has 12 aromatic rings. The Bertz CT molecular complexity index is 3550. The van der Waals surface area contributed by atoms with Gasteiger partial charge in [0, 0.05) is 60.0 Å². The highest BCUT2D eigenvalue weighted by Gasteiger charge is 2.19. The Morgan fingerprint density at radius 2 is 0.931 bits per heavy atom. The first-order valence-corrected chi connectivity index (χ1v) is 19.4. The summed E-state index contributed by atoms with van der Waals surface area (Å²) in [5.41, 5.74) is 13.3. The summed E-state index contributed by atoms with van der Waals surface area (Å²) in [6.07, 6.45) is 0. The highest BCUT2D eigenvalue weighted by Crippen LogP contribution is 2.43. The normalized spacial score (nSPS) is 11.8. The lowest BCUT2D eigenvalue weighted by Gasteiger charge is -2.11. The first-order valence-electron chi connectivity index (χ1n) is 19.4. The van der Waals surface area contributed by atoms with Gasteiger partial charge < -0.3 is 8.83 Å². The zero-order chi connectivity index (χ0) is 38.2. The van der Waals surface area contributed by atoms with Crippen LogP contribution in [0.3, 0.4) is 0 Å². The summed E-state index contributed by atoms with van der Waals surface area (Å²) >= 11 is 0. The standard InChI is InChI=1S/C53H31N3O2/c1-3-12-34(13-4-1)52-40-27-29-48-51(50(40)37-16-7-9-19-42(37)54-52)41-30-36(26-28-46(41)58-48)32-22-24-33(25-23-32)43-31-44(56-53(55-43)35-14-5-2-6-15-35)38-18-11-21-47-49(38)39-17-8-10-20-45(39)57-47/h1-31H. The van der Waals surface area contributed by atoms with Gasteiger partial charge in [0.1, 0.15) is 22.3 Å². The van der Waals surface area contributed by atoms with E-state index in [4.69, 9.17) is 23.8 Å². The Morgan fingerprint density at radius 1 is 0.310 bits per heavy atom. The molecule has 0 unspecified atom stereocenters. The minimum absolute atomic E-state index is 0.671. The van der Waals surface area contributed by atoms with E-state index in [2.05, 4.69) is 133 Å². The van der Waals surface area contributed by atoms with E-state index < -0.39 is 0 Å². The van der Waals surface area contributed by atoms with Crippen molar-refractivity contribution in [3.8, 4) is 56.3 Å². The number of para-hydroxylation sites is 2. The van der Waals surface area contributed by atoms with Crippen LogP contribution in [0.2, 0.25) is 0 Å². The Labute approximate surface area is 332 Å². The van der Waals surface area contributed by atoms with Crippen LogP contribution in [0.15, 0.2) is 197 Å². The molecule has 0 spiro atoms. The molecule has 8 aromatic carbocycles. The monoisotopic (exact) mass is 741 g/mol. The fourth-order valence-corrected chi connectivity index (χ4v) is 8.58. The van der Waals surface area contributed by atoms with Gasteiger partial charge in [-0.15, -0.1) is 0 Å². The van der Waals surface area contributed by atoms with Gasteiger partial charge >= 0.3 is 0 Å². The summed E-state index contributed by atoms with van der Waals surface area (Å²) in [5, 5.41) is 7.66. The van der Waals surface area contributed by atoms with Gasteiger partial charge in [-0.1, -0.05) is 140 Å². The van der Waals surface area contributed by atoms with Crippen molar-refractivity contribution in [2.24, 2.45) is 0 Å². The maximum atomic E-state index is 6.52. The van der Waals surface area contributed by atoms with Gasteiger partial charge in [0.25, 0.3) is 0 Å². The van der Waals surface area contributed by atoms with Crippen molar-refractivity contribution in [1.29, 1.82) is 0 Å². The first-order chi connectivity index (χ1) is 28.7. The SMILES string of the molecule is c1ccc(-c2nc(-c3ccc(-c4ccc5oc6ccc7c(-c8ccccc8)nc8ccccc8c7c6c5c4)cc3)cc(-c3cccc4oc5ccccc5c34)n2)cc1. The molecule has 5 heteroatoms. The summed E-state index contributed by atoms with van der Waals surface area (Å²) in [4.78, 5) is 15.4. The molecule has 5 nitrogen and oxygen atoms in total. The maximum absolute atomic E-state index is 6.52. The minimum atomic E-state index is 0.671. The minimum Gasteiger partial charge on any atom is -0.456 e. The molecule has 0 radical (unpaired) electrons. The third kappa shape index (κ3) is 5.14. The van der Waals surface area contributed by atoms with Crippen LogP contribution >= 0.6 is 0 Å². The molecule has 0 N–H and O–H groups in total. The van der Waals surface area contributed by atoms with Crippen LogP contribution in [0.4, 0.5) is 0 Å². The second kappa shape index (κ2) is 12.8. The van der Waals surface area contributed by atoms with E-state index in [1.807, 2.05) is 54.6 Å². The fraction of sp³-hybridized carbons (Fsp3) is 0. The van der Waals surface area contributed by atoms with Crippen molar-refractivity contribution in [3.05, 3.63) is 188 Å². The van der Waals surface area contributed by atoms with Crippen LogP contribution in [-0.4, -0.2) is 15.0 Å². The molecule has 0 fully saturated rings. The zero-order valence-electron chi connectivity index (χ0n) is 31.1. The molecule has 0 saturated carbocycles. The van der Waals surface area contributed by atoms with Crippen LogP contribution in [-0.2, 0) is 0 Å². The van der Waals surface area contributed by atoms with E-state index in [-0.39, 0.29) is 0 Å². The van der Waals surface area contributed by atoms with Gasteiger partial charge in [0.15, 0.2) is 5.82 Å². The molecular weight excluding hydrogens is 711 g/mol. The number of nitrogens with zero attached hydrogens (tertiary/aromatic N) is 3. The van der Waals surface area contributed by atoms with E-state index in [1.54, 1.807) is 0 Å². The summed E-state index contributed by atoms with van der Waals surface area (Å²) in [7, 11) is 0. The van der Waals surface area contributed by atoms with E-state index >= 15 is 0 Å². The molecule has 4 heterocycles. The van der Waals surface area contributed by atoms with Crippen molar-refractivity contribution >= 4 is 65.6 Å². The van der Waals surface area contributed by atoms with Gasteiger partial charge in [0.05, 0.1) is 22.6 Å². The van der Waals surface area contributed by atoms with Crippen LogP contribution in [0.1, 0.15) is 0 Å². The van der Waals surface area contributed by atoms with Gasteiger partial charge in [-0.25, -0.2) is 15.0 Å². The molecule has 0 saturated heterocycles. The van der Waals surface area contributed by atoms with Crippen molar-refractivity contribution < 1.29 is 8.83 Å². The Morgan fingerprint density at radius 3 is 1.76 bits per heavy atom. The van der Waals surface area contributed by atoms with Crippen LogP contribution in [0.5, 0.6) is 0 Å². The number of hydrogen-bond donors (Lipinski definition) is 0. The Hall–Kier alpha value is -7.89. The number of aromatic nitrogens is 3. The molecule has 0 aliphatic carbocycles. The van der Waals surface area contributed by atoms with E-state index in [1.165, 1.54) is 0 Å². The van der Waals surface area contributed by atoms with Gasteiger partial charge in [-0.2, -0.15) is 0 Å². The highest BCUT2D eigenvalue weighted by molar-refractivity contribution is 6.28. The third-order valence-electron chi connectivity index (χ3n) is 11.3. The molecular formula is C53H31N3O2. The Kier molecular flexibility index (Phi) is 7.16. The van der Waals surface area contributed by atoms with Crippen molar-refractivity contribution in [1.82, 2.24) is 15.0 Å². The number of rotatable bonds is 5. The largest absolute Gasteiger partial charge is 0.456 e. The predicted octanol–water partition coefficient (Wildman–Crippen LogP) is 14.3. The molecule has 0 atom stereocenters. The summed E-state index contributed by atoms with van der Waals surface area (Å²) in [6.45, 7) is 0. The van der Waals surface area contributed by atoms with Gasteiger partial charge in [-0.05, 0) is 59.7 Å². The summed E-state index contributed by atoms with van der Waals surface area (Å²) in [6, 6.07) is 64.8. The molecule has 12 rings (SSSR count).